The van der Waals surface area contributed by atoms with Crippen LogP contribution in [0.3, 0.4) is 0 Å². The van der Waals surface area contributed by atoms with Crippen LogP contribution < -0.4 is 0 Å². The molecule has 0 amide bonds. The molecule has 0 saturated carbocycles. The van der Waals surface area contributed by atoms with Gasteiger partial charge in [0.2, 0.25) is 0 Å². The van der Waals surface area contributed by atoms with Crippen molar-refractivity contribution in [2.24, 2.45) is 0 Å². The Labute approximate surface area is 86.3 Å². The molecule has 78 valence electrons. The third-order valence-electron chi connectivity index (χ3n) is 2.02. The van der Waals surface area contributed by atoms with Gasteiger partial charge in [0.05, 0.1) is 4.90 Å². The first-order valence-corrected chi connectivity index (χ1v) is 5.66. The molecule has 1 aromatic carbocycles. The third kappa shape index (κ3) is 3.12. The predicted octanol–water partition coefficient (Wildman–Crippen LogP) is 0.761. The van der Waals surface area contributed by atoms with Crippen molar-refractivity contribution in [2.75, 3.05) is 20.6 Å². The smallest absolute Gasteiger partial charge is 0.168 e. The molecule has 14 heavy (non-hydrogen) atoms. The molecule has 0 aliphatic carbocycles. The number of hydrogen-bond acceptors (Lipinski definition) is 3. The molecule has 0 bridgehead atoms. The van der Waals surface area contributed by atoms with E-state index in [9.17, 15) is 8.42 Å². The summed E-state index contributed by atoms with van der Waals surface area (Å²) in [6, 6.07) is 7.13. The summed E-state index contributed by atoms with van der Waals surface area (Å²) in [5.41, 5.74) is 0.900. The molecule has 0 unspecified atom stereocenters. The Hall–Kier alpha value is -0.870. The molecule has 3 nitrogen and oxygen atoms in total. The van der Waals surface area contributed by atoms with Crippen molar-refractivity contribution in [3.63, 3.8) is 0 Å². The summed E-state index contributed by atoms with van der Waals surface area (Å²) in [4.78, 5) is 2.48. The molecular weight excluding hydrogens is 198 g/mol. The minimum absolute atomic E-state index is 0.448. The quantitative estimate of drug-likeness (QED) is 0.750. The Balaban J connectivity index is 2.85. The fraction of sp³-hybridized carbons (Fsp3) is 0.400. The second-order valence-electron chi connectivity index (χ2n) is 3.44. The second-order valence-corrected chi connectivity index (χ2v) is 4.44. The van der Waals surface area contributed by atoms with Crippen molar-refractivity contribution in [3.8, 4) is 0 Å². The maximum atomic E-state index is 10.9. The molecule has 0 radical (unpaired) electrons. The lowest BCUT2D eigenvalue weighted by molar-refractivity contribution is 0.412. The van der Waals surface area contributed by atoms with Crippen LogP contribution >= 0.6 is 0 Å². The summed E-state index contributed by atoms with van der Waals surface area (Å²) in [7, 11) is 1.48. The third-order valence-corrected chi connectivity index (χ3v) is 2.85. The van der Waals surface area contributed by atoms with Gasteiger partial charge in [-0.2, -0.15) is 0 Å². The summed E-state index contributed by atoms with van der Waals surface area (Å²) in [5, 5.41) is 0. The van der Waals surface area contributed by atoms with E-state index in [0.29, 0.717) is 4.90 Å². The molecule has 0 heterocycles. The summed E-state index contributed by atoms with van der Waals surface area (Å²) < 4.78 is 21.8. The lowest BCUT2D eigenvalue weighted by atomic mass is 10.1. The topological polar surface area (TPSA) is 37.4 Å². The molecule has 1 rings (SSSR count). The highest BCUT2D eigenvalue weighted by atomic mass is 32.2. The van der Waals surface area contributed by atoms with Crippen LogP contribution in [-0.4, -0.2) is 34.0 Å². The van der Waals surface area contributed by atoms with Crippen molar-refractivity contribution in [2.45, 2.75) is 11.3 Å². The summed E-state index contributed by atoms with van der Waals surface area (Å²) >= 11 is 0. The lowest BCUT2D eigenvalue weighted by Gasteiger charge is -2.10. The van der Waals surface area contributed by atoms with E-state index in [4.69, 9.17) is 0 Å². The van der Waals surface area contributed by atoms with E-state index in [1.165, 1.54) is 0 Å². The lowest BCUT2D eigenvalue weighted by Crippen LogP contribution is -2.15. The van der Waals surface area contributed by atoms with Crippen molar-refractivity contribution < 1.29 is 8.42 Å². The van der Waals surface area contributed by atoms with Gasteiger partial charge in [-0.15, -0.1) is 0 Å². The maximum Gasteiger partial charge on any atom is 0.168 e. The second kappa shape index (κ2) is 5.12. The van der Waals surface area contributed by atoms with Crippen LogP contribution in [0, 0.1) is 0 Å². The van der Waals surface area contributed by atoms with Crippen LogP contribution in [0.5, 0.6) is 0 Å². The predicted molar refractivity (Wildman–Crippen MR) is 57.3 cm³/mol. The molecule has 0 N–H and O–H groups in total. The van der Waals surface area contributed by atoms with Gasteiger partial charge in [-0.05, 0) is 32.1 Å². The van der Waals surface area contributed by atoms with E-state index < -0.39 is 10.7 Å². The Kier molecular flexibility index (Phi) is 4.10. The standard InChI is InChI=1S/C10H15NO2S/c1-11(2)8-7-9-5-3-4-6-10(9)14(12)13/h3-6,14H,7-8H2,1-2H3. The van der Waals surface area contributed by atoms with Gasteiger partial charge in [0.15, 0.2) is 10.7 Å². The molecule has 0 atom stereocenters. The molecule has 0 aliphatic heterocycles. The number of thiol groups is 1. The Morgan fingerprint density at radius 2 is 1.86 bits per heavy atom. The van der Waals surface area contributed by atoms with Crippen LogP contribution in [0.15, 0.2) is 29.2 Å². The zero-order valence-electron chi connectivity index (χ0n) is 8.43. The molecule has 0 aromatic heterocycles. The monoisotopic (exact) mass is 213 g/mol. The largest absolute Gasteiger partial charge is 0.309 e. The molecule has 0 spiro atoms. The minimum Gasteiger partial charge on any atom is -0.309 e. The Morgan fingerprint density at radius 1 is 1.21 bits per heavy atom. The van der Waals surface area contributed by atoms with Crippen molar-refractivity contribution in [3.05, 3.63) is 29.8 Å². The zero-order valence-corrected chi connectivity index (χ0v) is 9.33. The van der Waals surface area contributed by atoms with E-state index in [2.05, 4.69) is 0 Å². The Bertz CT molecular complexity index is 364. The molecule has 0 aliphatic rings. The molecule has 0 saturated heterocycles. The number of benzene rings is 1. The highest BCUT2D eigenvalue weighted by molar-refractivity contribution is 7.72. The number of likely N-dealkylation sites (N-methyl/N-ethyl adjacent to an activating group) is 1. The summed E-state index contributed by atoms with van der Waals surface area (Å²) in [6.45, 7) is 0.861. The van der Waals surface area contributed by atoms with Crippen molar-refractivity contribution in [1.82, 2.24) is 4.90 Å². The van der Waals surface area contributed by atoms with Crippen LogP contribution in [0.1, 0.15) is 5.56 Å². The van der Waals surface area contributed by atoms with Crippen LogP contribution in [0.2, 0.25) is 0 Å². The van der Waals surface area contributed by atoms with Gasteiger partial charge in [-0.3, -0.25) is 0 Å². The number of rotatable bonds is 4. The van der Waals surface area contributed by atoms with Gasteiger partial charge >= 0.3 is 0 Å². The van der Waals surface area contributed by atoms with Crippen LogP contribution in [0.25, 0.3) is 0 Å². The van der Waals surface area contributed by atoms with Crippen LogP contribution in [-0.2, 0) is 17.1 Å². The normalized spacial score (nSPS) is 11.1. The first-order valence-electron chi connectivity index (χ1n) is 4.48. The minimum atomic E-state index is -2.47. The van der Waals surface area contributed by atoms with Gasteiger partial charge in [0, 0.05) is 6.54 Å². The number of nitrogens with zero attached hydrogens (tertiary/aromatic N) is 1. The van der Waals surface area contributed by atoms with E-state index in [0.717, 1.165) is 18.5 Å². The van der Waals surface area contributed by atoms with Gasteiger partial charge < -0.3 is 4.90 Å². The first-order chi connectivity index (χ1) is 6.61. The average molecular weight is 213 g/mol. The fourth-order valence-electron chi connectivity index (χ4n) is 1.24. The molecular formula is C10H15NO2S. The SMILES string of the molecule is CN(C)CCc1ccccc1[SH](=O)=O. The van der Waals surface area contributed by atoms with Gasteiger partial charge in [-0.25, -0.2) is 8.42 Å². The van der Waals surface area contributed by atoms with E-state index in [1.54, 1.807) is 12.1 Å². The number of hydrogen-bond donors (Lipinski definition) is 1. The fourth-order valence-corrected chi connectivity index (χ4v) is 1.87. The molecule has 0 fully saturated rings. The molecule has 4 heteroatoms. The van der Waals surface area contributed by atoms with Crippen molar-refractivity contribution >= 4 is 10.7 Å². The van der Waals surface area contributed by atoms with Gasteiger partial charge in [0.1, 0.15) is 0 Å². The average Bonchev–Trinajstić information content (AvgIpc) is 2.15. The first kappa shape index (κ1) is 11.2. The molecule has 1 aromatic rings. The zero-order chi connectivity index (χ0) is 10.6. The Morgan fingerprint density at radius 3 is 2.43 bits per heavy atom. The maximum absolute atomic E-state index is 10.9. The van der Waals surface area contributed by atoms with E-state index in [1.807, 2.05) is 31.1 Å². The van der Waals surface area contributed by atoms with Crippen LogP contribution in [0.4, 0.5) is 0 Å². The highest BCUT2D eigenvalue weighted by Gasteiger charge is 2.03. The summed E-state index contributed by atoms with van der Waals surface area (Å²) in [6.07, 6.45) is 0.770. The highest BCUT2D eigenvalue weighted by Crippen LogP contribution is 2.10. The van der Waals surface area contributed by atoms with Crippen molar-refractivity contribution in [1.29, 1.82) is 0 Å². The van der Waals surface area contributed by atoms with Gasteiger partial charge in [-0.1, -0.05) is 18.2 Å². The van der Waals surface area contributed by atoms with Gasteiger partial charge in [0.25, 0.3) is 0 Å². The van der Waals surface area contributed by atoms with E-state index >= 15 is 0 Å². The van der Waals surface area contributed by atoms with E-state index in [-0.39, 0.29) is 0 Å². The summed E-state index contributed by atoms with van der Waals surface area (Å²) in [5.74, 6) is 0.